The van der Waals surface area contributed by atoms with Gasteiger partial charge in [-0.15, -0.1) is 0 Å². The highest BCUT2D eigenvalue weighted by atomic mass is 32.2. The first kappa shape index (κ1) is 15.5. The number of anilines is 2. The number of nitrogen functional groups attached to an aromatic ring is 1. The topological polar surface area (TPSA) is 98.5 Å². The van der Waals surface area contributed by atoms with Crippen LogP contribution >= 0.6 is 0 Å². The quantitative estimate of drug-likeness (QED) is 0.717. The highest BCUT2D eigenvalue weighted by Crippen LogP contribution is 2.16. The number of sulfone groups is 1. The van der Waals surface area contributed by atoms with E-state index in [1.807, 2.05) is 0 Å². The van der Waals surface area contributed by atoms with Crippen LogP contribution in [0.25, 0.3) is 0 Å². The first-order valence-electron chi connectivity index (χ1n) is 5.78. The van der Waals surface area contributed by atoms with Crippen molar-refractivity contribution in [3.8, 4) is 0 Å². The third-order valence-electron chi connectivity index (χ3n) is 2.47. The lowest BCUT2D eigenvalue weighted by molar-refractivity contribution is -0.115. The monoisotopic (exact) mass is 286 g/mol. The number of hydrogen-bond acceptors (Lipinski definition) is 5. The lowest BCUT2D eigenvalue weighted by Gasteiger charge is -2.08. The van der Waals surface area contributed by atoms with Gasteiger partial charge >= 0.3 is 0 Å². The molecule has 0 fully saturated rings. The van der Waals surface area contributed by atoms with Crippen molar-refractivity contribution in [2.24, 2.45) is 0 Å². The number of amides is 1. The van der Waals surface area contributed by atoms with Crippen LogP contribution in [0.5, 0.6) is 0 Å². The molecule has 0 atom stereocenters. The van der Waals surface area contributed by atoms with Crippen molar-refractivity contribution in [1.82, 2.24) is 0 Å². The van der Waals surface area contributed by atoms with E-state index >= 15 is 0 Å². The molecule has 0 aliphatic rings. The van der Waals surface area contributed by atoms with Crippen LogP contribution in [0.15, 0.2) is 24.3 Å². The molecular weight excluding hydrogens is 268 g/mol. The summed E-state index contributed by atoms with van der Waals surface area (Å²) in [7, 11) is -1.83. The van der Waals surface area contributed by atoms with Crippen LogP contribution in [0.2, 0.25) is 0 Å². The van der Waals surface area contributed by atoms with Crippen molar-refractivity contribution in [3.05, 3.63) is 24.3 Å². The Bertz CT molecular complexity index is 528. The molecule has 0 spiro atoms. The zero-order valence-electron chi connectivity index (χ0n) is 10.8. The Balaban J connectivity index is 2.47. The minimum absolute atomic E-state index is 0.0791. The third-order valence-corrected chi connectivity index (χ3v) is 4.09. The summed E-state index contributed by atoms with van der Waals surface area (Å²) in [4.78, 5) is 11.6. The third kappa shape index (κ3) is 5.71. The molecule has 1 aromatic carbocycles. The number of nitrogens with one attached hydrogen (secondary N) is 1. The Hall–Kier alpha value is -1.60. The van der Waals surface area contributed by atoms with Gasteiger partial charge in [0, 0.05) is 13.5 Å². The second-order valence-corrected chi connectivity index (χ2v) is 6.33. The summed E-state index contributed by atoms with van der Waals surface area (Å²) in [5, 5.41) is 2.58. The number of rotatable bonds is 7. The zero-order valence-corrected chi connectivity index (χ0v) is 11.6. The van der Waals surface area contributed by atoms with Crippen molar-refractivity contribution in [1.29, 1.82) is 0 Å². The zero-order chi connectivity index (χ0) is 14.3. The fraction of sp³-hybridized carbons (Fsp3) is 0.417. The number of methoxy groups -OCH3 is 1. The average molecular weight is 286 g/mol. The maximum Gasteiger partial charge on any atom is 0.225 e. The van der Waals surface area contributed by atoms with Crippen molar-refractivity contribution in [2.45, 2.75) is 6.42 Å². The summed E-state index contributed by atoms with van der Waals surface area (Å²) in [5.41, 5.74) is 6.60. The maximum absolute atomic E-state index is 11.6. The summed E-state index contributed by atoms with van der Waals surface area (Å²) in [5.74, 6) is -0.655. The summed E-state index contributed by atoms with van der Waals surface area (Å²) in [6, 6.07) is 6.80. The number of benzene rings is 1. The molecule has 1 aromatic rings. The smallest absolute Gasteiger partial charge is 0.225 e. The molecule has 0 unspecified atom stereocenters. The lowest BCUT2D eigenvalue weighted by Crippen LogP contribution is -2.21. The molecule has 1 amide bonds. The Morgan fingerprint density at radius 2 is 2.00 bits per heavy atom. The van der Waals surface area contributed by atoms with Gasteiger partial charge in [-0.05, 0) is 12.1 Å². The predicted octanol–water partition coefficient (Wildman–Crippen LogP) is 0.659. The maximum atomic E-state index is 11.6. The van der Waals surface area contributed by atoms with E-state index in [1.54, 1.807) is 24.3 Å². The highest BCUT2D eigenvalue weighted by Gasteiger charge is 2.13. The average Bonchev–Trinajstić information content (AvgIpc) is 2.37. The van der Waals surface area contributed by atoms with Gasteiger partial charge in [-0.1, -0.05) is 12.1 Å². The van der Waals surface area contributed by atoms with Gasteiger partial charge in [0.05, 0.1) is 29.5 Å². The molecular formula is C12H18N2O4S. The Morgan fingerprint density at radius 1 is 1.32 bits per heavy atom. The van der Waals surface area contributed by atoms with Crippen LogP contribution in [-0.4, -0.2) is 39.5 Å². The van der Waals surface area contributed by atoms with Crippen LogP contribution in [0.3, 0.4) is 0 Å². The molecule has 0 bridgehead atoms. The van der Waals surface area contributed by atoms with Gasteiger partial charge in [0.2, 0.25) is 5.91 Å². The number of para-hydroxylation sites is 2. The second kappa shape index (κ2) is 7.10. The van der Waals surface area contributed by atoms with E-state index in [1.165, 1.54) is 7.11 Å². The summed E-state index contributed by atoms with van der Waals surface area (Å²) in [6.45, 7) is 0.135. The summed E-state index contributed by atoms with van der Waals surface area (Å²) < 4.78 is 27.8. The Labute approximate surface area is 112 Å². The van der Waals surface area contributed by atoms with Gasteiger partial charge in [0.25, 0.3) is 0 Å². The first-order valence-corrected chi connectivity index (χ1v) is 7.60. The second-order valence-electron chi connectivity index (χ2n) is 4.03. The van der Waals surface area contributed by atoms with Gasteiger partial charge in [0.15, 0.2) is 9.84 Å². The van der Waals surface area contributed by atoms with E-state index in [0.29, 0.717) is 11.4 Å². The van der Waals surface area contributed by atoms with Crippen LogP contribution in [0.4, 0.5) is 11.4 Å². The van der Waals surface area contributed by atoms with Crippen molar-refractivity contribution >= 4 is 27.1 Å². The number of hydrogen-bond donors (Lipinski definition) is 2. The van der Waals surface area contributed by atoms with E-state index in [9.17, 15) is 13.2 Å². The normalized spacial score (nSPS) is 11.2. The number of carbonyl (C=O) groups is 1. The largest absolute Gasteiger partial charge is 0.397 e. The van der Waals surface area contributed by atoms with E-state index < -0.39 is 9.84 Å². The molecule has 0 saturated heterocycles. The van der Waals surface area contributed by atoms with Crippen molar-refractivity contribution < 1.29 is 17.9 Å². The van der Waals surface area contributed by atoms with Gasteiger partial charge in [-0.2, -0.15) is 0 Å². The molecule has 106 valence electrons. The summed E-state index contributed by atoms with van der Waals surface area (Å²) in [6.07, 6.45) is -0.0968. The Kier molecular flexibility index (Phi) is 5.78. The minimum Gasteiger partial charge on any atom is -0.397 e. The summed E-state index contributed by atoms with van der Waals surface area (Å²) >= 11 is 0. The molecule has 0 aromatic heterocycles. The molecule has 0 aliphatic carbocycles. The highest BCUT2D eigenvalue weighted by molar-refractivity contribution is 7.91. The molecule has 0 saturated carbocycles. The minimum atomic E-state index is -3.26. The standard InChI is InChI=1S/C12H18N2O4S/c1-18-7-9-19(16,17)8-6-12(15)14-11-5-3-2-4-10(11)13/h2-5H,6-9,13H2,1H3,(H,14,15). The van der Waals surface area contributed by atoms with Crippen molar-refractivity contribution in [2.75, 3.05) is 36.3 Å². The van der Waals surface area contributed by atoms with Crippen LogP contribution < -0.4 is 11.1 Å². The number of carbonyl (C=O) groups excluding carboxylic acids is 1. The van der Waals surface area contributed by atoms with E-state index in [0.717, 1.165) is 0 Å². The number of ether oxygens (including phenoxy) is 1. The van der Waals surface area contributed by atoms with Gasteiger partial charge in [0.1, 0.15) is 0 Å². The van der Waals surface area contributed by atoms with E-state index in [-0.39, 0.29) is 30.4 Å². The molecule has 0 aliphatic heterocycles. The fourth-order valence-corrected chi connectivity index (χ4v) is 2.51. The molecule has 1 rings (SSSR count). The van der Waals surface area contributed by atoms with Gasteiger partial charge in [-0.3, -0.25) is 4.79 Å². The fourth-order valence-electron chi connectivity index (χ4n) is 1.38. The molecule has 7 heteroatoms. The van der Waals surface area contributed by atoms with Crippen LogP contribution in [-0.2, 0) is 19.4 Å². The van der Waals surface area contributed by atoms with Crippen molar-refractivity contribution in [3.63, 3.8) is 0 Å². The predicted molar refractivity (Wildman–Crippen MR) is 74.6 cm³/mol. The SMILES string of the molecule is COCCS(=O)(=O)CCC(=O)Nc1ccccc1N. The van der Waals surface area contributed by atoms with E-state index in [2.05, 4.69) is 5.32 Å². The van der Waals surface area contributed by atoms with Crippen LogP contribution in [0.1, 0.15) is 6.42 Å². The molecule has 0 heterocycles. The Morgan fingerprint density at radius 3 is 2.63 bits per heavy atom. The molecule has 0 radical (unpaired) electrons. The van der Waals surface area contributed by atoms with Crippen LogP contribution in [0, 0.1) is 0 Å². The van der Waals surface area contributed by atoms with E-state index in [4.69, 9.17) is 10.5 Å². The molecule has 19 heavy (non-hydrogen) atoms. The van der Waals surface area contributed by atoms with Gasteiger partial charge in [-0.25, -0.2) is 8.42 Å². The molecule has 3 N–H and O–H groups in total. The first-order chi connectivity index (χ1) is 8.94. The lowest BCUT2D eigenvalue weighted by atomic mass is 10.2. The molecule has 6 nitrogen and oxygen atoms in total. The number of nitrogens with two attached hydrogens (primary N) is 1. The van der Waals surface area contributed by atoms with Gasteiger partial charge < -0.3 is 15.8 Å².